The number of aromatic nitrogens is 3. The molecule has 8 heteroatoms. The highest BCUT2D eigenvalue weighted by molar-refractivity contribution is 5.65. The van der Waals surface area contributed by atoms with Gasteiger partial charge in [0.2, 0.25) is 0 Å². The molecule has 0 radical (unpaired) electrons. The molecule has 1 saturated heterocycles. The molecule has 138 valence electrons. The molecular formula is C18H24N6O2. The molecule has 1 aliphatic heterocycles. The molecule has 0 spiro atoms. The molecule has 2 aromatic rings. The number of anilines is 2. The number of hydrogen-bond donors (Lipinski definition) is 2. The van der Waals surface area contributed by atoms with Crippen molar-refractivity contribution in [2.45, 2.75) is 19.4 Å². The van der Waals surface area contributed by atoms with Crippen molar-refractivity contribution >= 4 is 17.7 Å². The van der Waals surface area contributed by atoms with Crippen LogP contribution in [0.25, 0.3) is 0 Å². The lowest BCUT2D eigenvalue weighted by atomic mass is 9.96. The summed E-state index contributed by atoms with van der Waals surface area (Å²) in [6, 6.07) is 5.85. The summed E-state index contributed by atoms with van der Waals surface area (Å²) in [5, 5.41) is 12.3. The maximum absolute atomic E-state index is 11.0. The Kier molecular flexibility index (Phi) is 5.83. The highest BCUT2D eigenvalue weighted by Gasteiger charge is 2.23. The van der Waals surface area contributed by atoms with Crippen LogP contribution in [0, 0.1) is 5.92 Å². The molecule has 26 heavy (non-hydrogen) atoms. The normalized spacial score (nSPS) is 14.9. The first kappa shape index (κ1) is 17.9. The Balaban J connectivity index is 1.53. The van der Waals surface area contributed by atoms with Crippen molar-refractivity contribution in [3.8, 4) is 0 Å². The summed E-state index contributed by atoms with van der Waals surface area (Å²) in [6.45, 7) is 2.72. The van der Waals surface area contributed by atoms with Gasteiger partial charge < -0.3 is 20.2 Å². The molecule has 0 bridgehead atoms. The second kappa shape index (κ2) is 8.46. The molecular weight excluding hydrogens is 332 g/mol. The van der Waals surface area contributed by atoms with Gasteiger partial charge in [0.05, 0.1) is 0 Å². The monoisotopic (exact) mass is 356 g/mol. The van der Waals surface area contributed by atoms with E-state index in [1.165, 1.54) is 4.90 Å². The summed E-state index contributed by atoms with van der Waals surface area (Å²) >= 11 is 0. The molecule has 2 aromatic heterocycles. The molecule has 1 aliphatic rings. The highest BCUT2D eigenvalue weighted by atomic mass is 16.4. The molecule has 8 nitrogen and oxygen atoms in total. The molecule has 3 rings (SSSR count). The minimum Gasteiger partial charge on any atom is -0.465 e. The fourth-order valence-electron chi connectivity index (χ4n) is 3.14. The lowest BCUT2D eigenvalue weighted by Crippen LogP contribution is -2.40. The number of hydrogen-bond acceptors (Lipinski definition) is 6. The van der Waals surface area contributed by atoms with Gasteiger partial charge in [-0.3, -0.25) is 4.98 Å². The number of nitrogens with zero attached hydrogens (tertiary/aromatic N) is 5. The summed E-state index contributed by atoms with van der Waals surface area (Å²) in [6.07, 6.45) is 6.08. The molecule has 1 amide bonds. The maximum Gasteiger partial charge on any atom is 0.407 e. The topological polar surface area (TPSA) is 94.5 Å². The molecule has 1 fully saturated rings. The van der Waals surface area contributed by atoms with Crippen LogP contribution in [0.2, 0.25) is 0 Å². The predicted molar refractivity (Wildman–Crippen MR) is 99.2 cm³/mol. The van der Waals surface area contributed by atoms with Gasteiger partial charge in [-0.25, -0.2) is 14.8 Å². The van der Waals surface area contributed by atoms with E-state index in [1.54, 1.807) is 12.5 Å². The summed E-state index contributed by atoms with van der Waals surface area (Å²) in [4.78, 5) is 27.3. The lowest BCUT2D eigenvalue weighted by molar-refractivity contribution is 0.125. The van der Waals surface area contributed by atoms with Crippen LogP contribution < -0.4 is 10.2 Å². The van der Waals surface area contributed by atoms with E-state index in [0.29, 0.717) is 25.6 Å². The number of amides is 1. The Hall–Kier alpha value is -2.90. The van der Waals surface area contributed by atoms with Crippen molar-refractivity contribution < 1.29 is 9.90 Å². The zero-order valence-corrected chi connectivity index (χ0v) is 14.9. The van der Waals surface area contributed by atoms with Gasteiger partial charge in [0.15, 0.2) is 0 Å². The number of rotatable bonds is 6. The van der Waals surface area contributed by atoms with Crippen LogP contribution in [0.3, 0.4) is 0 Å². The second-order valence-corrected chi connectivity index (χ2v) is 6.57. The summed E-state index contributed by atoms with van der Waals surface area (Å²) in [5.41, 5.74) is 1.09. The Morgan fingerprint density at radius 3 is 2.88 bits per heavy atom. The van der Waals surface area contributed by atoms with E-state index in [-0.39, 0.29) is 0 Å². The van der Waals surface area contributed by atoms with Crippen LogP contribution in [0.1, 0.15) is 18.4 Å². The smallest absolute Gasteiger partial charge is 0.407 e. The molecule has 2 N–H and O–H groups in total. The first-order valence-electron chi connectivity index (χ1n) is 8.75. The van der Waals surface area contributed by atoms with Gasteiger partial charge in [0, 0.05) is 51.7 Å². The van der Waals surface area contributed by atoms with Crippen molar-refractivity contribution in [1.82, 2.24) is 19.9 Å². The van der Waals surface area contributed by atoms with Crippen molar-refractivity contribution in [3.63, 3.8) is 0 Å². The maximum atomic E-state index is 11.0. The zero-order valence-electron chi connectivity index (χ0n) is 14.9. The summed E-state index contributed by atoms with van der Waals surface area (Å²) < 4.78 is 0. The molecule has 0 unspecified atom stereocenters. The van der Waals surface area contributed by atoms with E-state index in [0.717, 1.165) is 36.6 Å². The van der Waals surface area contributed by atoms with Crippen molar-refractivity contribution in [2.75, 3.05) is 36.9 Å². The summed E-state index contributed by atoms with van der Waals surface area (Å²) in [5.74, 6) is 2.10. The zero-order chi connectivity index (χ0) is 18.4. The fourth-order valence-corrected chi connectivity index (χ4v) is 3.14. The van der Waals surface area contributed by atoms with Gasteiger partial charge >= 0.3 is 6.09 Å². The third kappa shape index (κ3) is 4.81. The van der Waals surface area contributed by atoms with Gasteiger partial charge in [-0.05, 0) is 30.4 Å². The van der Waals surface area contributed by atoms with Crippen molar-refractivity contribution in [3.05, 3.63) is 42.5 Å². The highest BCUT2D eigenvalue weighted by Crippen LogP contribution is 2.21. The third-order valence-corrected chi connectivity index (χ3v) is 4.66. The Morgan fingerprint density at radius 2 is 2.19 bits per heavy atom. The molecule has 0 atom stereocenters. The Bertz CT molecular complexity index is 719. The molecule has 0 aliphatic carbocycles. The van der Waals surface area contributed by atoms with Crippen LogP contribution in [0.15, 0.2) is 36.9 Å². The SMILES string of the molecule is CN(CC1CCN(C(=O)O)CC1)c1cc(NCc2cccnc2)ncn1. The molecule has 3 heterocycles. The number of nitrogens with one attached hydrogen (secondary N) is 1. The van der Waals surface area contributed by atoms with Gasteiger partial charge in [-0.2, -0.15) is 0 Å². The van der Waals surface area contributed by atoms with Gasteiger partial charge in [-0.15, -0.1) is 0 Å². The minimum absolute atomic E-state index is 0.470. The first-order chi connectivity index (χ1) is 12.6. The first-order valence-corrected chi connectivity index (χ1v) is 8.75. The number of likely N-dealkylation sites (tertiary alicyclic amines) is 1. The number of pyridine rings is 1. The van der Waals surface area contributed by atoms with E-state index < -0.39 is 6.09 Å². The van der Waals surface area contributed by atoms with Gasteiger partial charge in [0.1, 0.15) is 18.0 Å². The standard InChI is InChI=1S/C18H24N6O2/c1-23(12-14-4-7-24(8-5-14)18(25)26)17-9-16(21-13-22-17)20-11-15-3-2-6-19-10-15/h2-3,6,9-10,13-14H,4-5,7-8,11-12H2,1H3,(H,25,26)(H,20,21,22). The largest absolute Gasteiger partial charge is 0.465 e. The average Bonchev–Trinajstić information content (AvgIpc) is 2.68. The predicted octanol–water partition coefficient (Wildman–Crippen LogP) is 2.31. The summed E-state index contributed by atoms with van der Waals surface area (Å²) in [7, 11) is 2.01. The van der Waals surface area contributed by atoms with Crippen molar-refractivity contribution in [2.24, 2.45) is 5.92 Å². The fraction of sp³-hybridized carbons (Fsp3) is 0.444. The average molecular weight is 356 g/mol. The van der Waals surface area contributed by atoms with E-state index in [1.807, 2.05) is 31.4 Å². The Labute approximate surface area is 152 Å². The van der Waals surface area contributed by atoms with Crippen LogP contribution in [0.5, 0.6) is 0 Å². The molecule has 0 aromatic carbocycles. The molecule has 0 saturated carbocycles. The van der Waals surface area contributed by atoms with E-state index in [2.05, 4.69) is 25.2 Å². The van der Waals surface area contributed by atoms with E-state index in [9.17, 15) is 4.79 Å². The minimum atomic E-state index is -0.822. The lowest BCUT2D eigenvalue weighted by Gasteiger charge is -2.32. The van der Waals surface area contributed by atoms with Crippen LogP contribution in [0.4, 0.5) is 16.4 Å². The van der Waals surface area contributed by atoms with Crippen LogP contribution in [-0.2, 0) is 6.54 Å². The van der Waals surface area contributed by atoms with Crippen molar-refractivity contribution in [1.29, 1.82) is 0 Å². The Morgan fingerprint density at radius 1 is 1.38 bits per heavy atom. The number of carbonyl (C=O) groups is 1. The number of piperidine rings is 1. The van der Waals surface area contributed by atoms with Gasteiger partial charge in [0.25, 0.3) is 0 Å². The van der Waals surface area contributed by atoms with Crippen LogP contribution >= 0.6 is 0 Å². The van der Waals surface area contributed by atoms with E-state index in [4.69, 9.17) is 5.11 Å². The number of carboxylic acid groups (broad SMARTS) is 1. The third-order valence-electron chi connectivity index (χ3n) is 4.66. The van der Waals surface area contributed by atoms with Crippen LogP contribution in [-0.4, -0.2) is 57.7 Å². The van der Waals surface area contributed by atoms with Gasteiger partial charge in [-0.1, -0.05) is 6.07 Å². The quantitative estimate of drug-likeness (QED) is 0.820. The van der Waals surface area contributed by atoms with E-state index >= 15 is 0 Å². The second-order valence-electron chi connectivity index (χ2n) is 6.57.